The zero-order valence-corrected chi connectivity index (χ0v) is 12.0. The molecule has 0 bridgehead atoms. The van der Waals surface area contributed by atoms with E-state index < -0.39 is 0 Å². The van der Waals surface area contributed by atoms with Crippen LogP contribution in [-0.2, 0) is 4.74 Å². The molecule has 1 fully saturated rings. The molecule has 1 saturated heterocycles. The summed E-state index contributed by atoms with van der Waals surface area (Å²) < 4.78 is 12.0. The van der Waals surface area contributed by atoms with Crippen LogP contribution in [0.3, 0.4) is 0 Å². The number of ether oxygens (including phenoxy) is 2. The number of aryl methyl sites for hydroxylation is 1. The molecular weight excluding hydrogens is 282 g/mol. The third-order valence-corrected chi connectivity index (χ3v) is 3.65. The highest BCUT2D eigenvalue weighted by Crippen LogP contribution is 2.33. The standard InChI is InChI=1S/C13H18BrNO2/c1-8-6-10(14)7-12(16-3)13(8)15-11-4-5-17-9(11)2/h6-7,9,11,15H,4-5H2,1-3H3. The summed E-state index contributed by atoms with van der Waals surface area (Å²) in [5.74, 6) is 0.871. The third-order valence-electron chi connectivity index (χ3n) is 3.19. The molecule has 0 aliphatic carbocycles. The topological polar surface area (TPSA) is 30.5 Å². The lowest BCUT2D eigenvalue weighted by Gasteiger charge is -2.21. The Kier molecular flexibility index (Phi) is 3.94. The number of nitrogens with one attached hydrogen (secondary N) is 1. The zero-order valence-electron chi connectivity index (χ0n) is 10.4. The maximum absolute atomic E-state index is 5.56. The molecule has 2 rings (SSSR count). The predicted octanol–water partition coefficient (Wildman–Crippen LogP) is 3.36. The molecule has 1 aliphatic heterocycles. The minimum absolute atomic E-state index is 0.253. The van der Waals surface area contributed by atoms with Gasteiger partial charge < -0.3 is 14.8 Å². The lowest BCUT2D eigenvalue weighted by atomic mass is 10.1. The second-order valence-electron chi connectivity index (χ2n) is 4.42. The van der Waals surface area contributed by atoms with E-state index in [2.05, 4.69) is 41.2 Å². The SMILES string of the molecule is COc1cc(Br)cc(C)c1NC1CCOC1C. The monoisotopic (exact) mass is 299 g/mol. The molecule has 4 heteroatoms. The van der Waals surface area contributed by atoms with Crippen LogP contribution in [0.2, 0.25) is 0 Å². The van der Waals surface area contributed by atoms with Gasteiger partial charge >= 0.3 is 0 Å². The molecule has 0 amide bonds. The van der Waals surface area contributed by atoms with Crippen LogP contribution in [0.1, 0.15) is 18.9 Å². The van der Waals surface area contributed by atoms with E-state index in [-0.39, 0.29) is 6.10 Å². The number of anilines is 1. The Bertz CT molecular complexity index is 409. The molecule has 0 aromatic heterocycles. The molecule has 94 valence electrons. The van der Waals surface area contributed by atoms with Crippen LogP contribution >= 0.6 is 15.9 Å². The first-order valence-corrected chi connectivity index (χ1v) is 6.63. The van der Waals surface area contributed by atoms with Crippen LogP contribution in [0, 0.1) is 6.92 Å². The highest BCUT2D eigenvalue weighted by molar-refractivity contribution is 9.10. The third kappa shape index (κ3) is 2.75. The lowest BCUT2D eigenvalue weighted by Crippen LogP contribution is -2.27. The number of benzene rings is 1. The van der Waals surface area contributed by atoms with Crippen molar-refractivity contribution in [3.63, 3.8) is 0 Å². The van der Waals surface area contributed by atoms with E-state index in [0.29, 0.717) is 6.04 Å². The van der Waals surface area contributed by atoms with E-state index in [1.807, 2.05) is 6.07 Å². The molecule has 17 heavy (non-hydrogen) atoms. The van der Waals surface area contributed by atoms with Gasteiger partial charge in [0.15, 0.2) is 0 Å². The Morgan fingerprint density at radius 3 is 2.82 bits per heavy atom. The lowest BCUT2D eigenvalue weighted by molar-refractivity contribution is 0.121. The fourth-order valence-corrected chi connectivity index (χ4v) is 2.72. The zero-order chi connectivity index (χ0) is 12.4. The Morgan fingerprint density at radius 2 is 2.24 bits per heavy atom. The first-order chi connectivity index (χ1) is 8.11. The van der Waals surface area contributed by atoms with Crippen LogP contribution in [-0.4, -0.2) is 25.9 Å². The molecule has 1 aromatic carbocycles. The summed E-state index contributed by atoms with van der Waals surface area (Å²) in [6.45, 7) is 5.01. The van der Waals surface area contributed by atoms with Crippen molar-refractivity contribution in [1.29, 1.82) is 0 Å². The molecule has 3 nitrogen and oxygen atoms in total. The Morgan fingerprint density at radius 1 is 1.47 bits per heavy atom. The van der Waals surface area contributed by atoms with Crippen molar-refractivity contribution in [1.82, 2.24) is 0 Å². The van der Waals surface area contributed by atoms with Crippen LogP contribution in [0.4, 0.5) is 5.69 Å². The average molecular weight is 300 g/mol. The van der Waals surface area contributed by atoms with Gasteiger partial charge in [0.25, 0.3) is 0 Å². The highest BCUT2D eigenvalue weighted by Gasteiger charge is 2.25. The summed E-state index contributed by atoms with van der Waals surface area (Å²) in [5, 5.41) is 3.53. The molecule has 0 spiro atoms. The molecular formula is C13H18BrNO2. The molecule has 1 N–H and O–H groups in total. The quantitative estimate of drug-likeness (QED) is 0.928. The predicted molar refractivity (Wildman–Crippen MR) is 72.9 cm³/mol. The van der Waals surface area contributed by atoms with Gasteiger partial charge in [-0.3, -0.25) is 0 Å². The number of halogens is 1. The Balaban J connectivity index is 2.25. The van der Waals surface area contributed by atoms with Crippen LogP contribution in [0.25, 0.3) is 0 Å². The normalized spacial score (nSPS) is 23.8. The van der Waals surface area contributed by atoms with Crippen molar-refractivity contribution in [3.05, 3.63) is 22.2 Å². The van der Waals surface area contributed by atoms with Crippen LogP contribution in [0.5, 0.6) is 5.75 Å². The Labute approximate surface area is 111 Å². The van der Waals surface area contributed by atoms with Crippen molar-refractivity contribution in [2.24, 2.45) is 0 Å². The van der Waals surface area contributed by atoms with E-state index in [4.69, 9.17) is 9.47 Å². The summed E-state index contributed by atoms with van der Waals surface area (Å²) in [6, 6.07) is 4.44. The van der Waals surface area contributed by atoms with Crippen LogP contribution < -0.4 is 10.1 Å². The molecule has 0 radical (unpaired) electrons. The number of rotatable bonds is 3. The summed E-state index contributed by atoms with van der Waals surface area (Å²) in [4.78, 5) is 0. The molecule has 1 heterocycles. The first kappa shape index (κ1) is 12.7. The summed E-state index contributed by atoms with van der Waals surface area (Å²) in [6.07, 6.45) is 1.29. The van der Waals surface area contributed by atoms with Crippen molar-refractivity contribution < 1.29 is 9.47 Å². The highest BCUT2D eigenvalue weighted by atomic mass is 79.9. The first-order valence-electron chi connectivity index (χ1n) is 5.84. The largest absolute Gasteiger partial charge is 0.495 e. The van der Waals surface area contributed by atoms with Gasteiger partial charge in [0.05, 0.1) is 24.9 Å². The second-order valence-corrected chi connectivity index (χ2v) is 5.33. The smallest absolute Gasteiger partial charge is 0.143 e. The van der Waals surface area contributed by atoms with E-state index in [0.717, 1.165) is 28.9 Å². The fraction of sp³-hybridized carbons (Fsp3) is 0.538. The van der Waals surface area contributed by atoms with Gasteiger partial charge in [0.2, 0.25) is 0 Å². The van der Waals surface area contributed by atoms with Gasteiger partial charge in [0, 0.05) is 11.1 Å². The van der Waals surface area contributed by atoms with Crippen molar-refractivity contribution in [3.8, 4) is 5.75 Å². The van der Waals surface area contributed by atoms with Gasteiger partial charge in [0.1, 0.15) is 5.75 Å². The van der Waals surface area contributed by atoms with Crippen molar-refractivity contribution in [2.75, 3.05) is 19.0 Å². The van der Waals surface area contributed by atoms with Gasteiger partial charge in [-0.1, -0.05) is 15.9 Å². The van der Waals surface area contributed by atoms with Gasteiger partial charge in [-0.2, -0.15) is 0 Å². The number of hydrogen-bond acceptors (Lipinski definition) is 3. The summed E-state index contributed by atoms with van der Waals surface area (Å²) in [5.41, 5.74) is 2.24. The number of hydrogen-bond donors (Lipinski definition) is 1. The van der Waals surface area contributed by atoms with E-state index in [1.54, 1.807) is 7.11 Å². The molecule has 0 saturated carbocycles. The summed E-state index contributed by atoms with van der Waals surface area (Å²) >= 11 is 3.48. The number of methoxy groups -OCH3 is 1. The minimum Gasteiger partial charge on any atom is -0.495 e. The van der Waals surface area contributed by atoms with Crippen molar-refractivity contribution in [2.45, 2.75) is 32.4 Å². The van der Waals surface area contributed by atoms with E-state index in [1.165, 1.54) is 5.56 Å². The summed E-state index contributed by atoms with van der Waals surface area (Å²) in [7, 11) is 1.70. The second kappa shape index (κ2) is 5.27. The Hall–Kier alpha value is -0.740. The molecule has 1 aliphatic rings. The van der Waals surface area contributed by atoms with E-state index in [9.17, 15) is 0 Å². The van der Waals surface area contributed by atoms with E-state index >= 15 is 0 Å². The van der Waals surface area contributed by atoms with Crippen molar-refractivity contribution >= 4 is 21.6 Å². The van der Waals surface area contributed by atoms with Crippen LogP contribution in [0.15, 0.2) is 16.6 Å². The van der Waals surface area contributed by atoms with Gasteiger partial charge in [-0.05, 0) is 38.0 Å². The fourth-order valence-electron chi connectivity index (χ4n) is 2.17. The molecule has 2 atom stereocenters. The maximum atomic E-state index is 5.56. The maximum Gasteiger partial charge on any atom is 0.143 e. The van der Waals surface area contributed by atoms with Gasteiger partial charge in [-0.25, -0.2) is 0 Å². The average Bonchev–Trinajstić information content (AvgIpc) is 2.68. The molecule has 2 unspecified atom stereocenters. The molecule has 1 aromatic rings. The van der Waals surface area contributed by atoms with Gasteiger partial charge in [-0.15, -0.1) is 0 Å². The minimum atomic E-state index is 0.253.